The summed E-state index contributed by atoms with van der Waals surface area (Å²) in [5.74, 6) is 0.761. The number of primary amides is 1. The molecule has 8 nitrogen and oxygen atoms in total. The molecular formula is C22H21ClN4O4S. The van der Waals surface area contributed by atoms with Gasteiger partial charge >= 0.3 is 16.2 Å². The molecule has 0 fully saturated rings. The van der Waals surface area contributed by atoms with Gasteiger partial charge in [-0.1, -0.05) is 17.7 Å². The third-order valence-corrected chi connectivity index (χ3v) is 7.01. The zero-order valence-electron chi connectivity index (χ0n) is 17.9. The van der Waals surface area contributed by atoms with Crippen LogP contribution in [-0.4, -0.2) is 28.9 Å². The number of halogens is 1. The Kier molecular flexibility index (Phi) is 5.26. The molecule has 0 aliphatic carbocycles. The van der Waals surface area contributed by atoms with Crippen LogP contribution in [0.1, 0.15) is 16.8 Å². The zero-order valence-corrected chi connectivity index (χ0v) is 19.5. The highest BCUT2D eigenvalue weighted by atomic mass is 35.5. The SMILES string of the molecule is Cc1ccc(S(=O)(=O)OC(N)=O)c(C)c1-c1c(C)nn(C)c1-n1ccc2cc(Cl)ccc21. The van der Waals surface area contributed by atoms with E-state index in [0.717, 1.165) is 33.5 Å². The lowest BCUT2D eigenvalue weighted by molar-refractivity contribution is 0.212. The molecule has 1 amide bonds. The summed E-state index contributed by atoms with van der Waals surface area (Å²) in [7, 11) is -2.54. The van der Waals surface area contributed by atoms with Gasteiger partial charge in [-0.05, 0) is 67.8 Å². The molecule has 0 saturated heterocycles. The van der Waals surface area contributed by atoms with Crippen LogP contribution < -0.4 is 5.73 Å². The van der Waals surface area contributed by atoms with Crippen LogP contribution in [-0.2, 0) is 21.3 Å². The normalized spacial score (nSPS) is 11.8. The van der Waals surface area contributed by atoms with Crippen molar-refractivity contribution in [1.82, 2.24) is 14.3 Å². The van der Waals surface area contributed by atoms with E-state index in [1.807, 2.05) is 55.9 Å². The minimum atomic E-state index is -4.37. The quantitative estimate of drug-likeness (QED) is 0.443. The number of nitrogens with two attached hydrogens (primary N) is 1. The van der Waals surface area contributed by atoms with Crippen molar-refractivity contribution < 1.29 is 17.4 Å². The molecule has 10 heteroatoms. The summed E-state index contributed by atoms with van der Waals surface area (Å²) in [6.07, 6.45) is 0.532. The van der Waals surface area contributed by atoms with E-state index in [-0.39, 0.29) is 4.90 Å². The third kappa shape index (κ3) is 3.53. The van der Waals surface area contributed by atoms with Crippen molar-refractivity contribution in [3.8, 4) is 16.9 Å². The maximum absolute atomic E-state index is 12.6. The second kappa shape index (κ2) is 7.68. The van der Waals surface area contributed by atoms with E-state index in [2.05, 4.69) is 9.28 Å². The molecule has 0 saturated carbocycles. The minimum Gasteiger partial charge on any atom is -0.334 e. The van der Waals surface area contributed by atoms with Crippen LogP contribution in [0.25, 0.3) is 27.8 Å². The van der Waals surface area contributed by atoms with Gasteiger partial charge in [0.15, 0.2) is 0 Å². The van der Waals surface area contributed by atoms with Crippen molar-refractivity contribution in [2.75, 3.05) is 0 Å². The van der Waals surface area contributed by atoms with Crippen molar-refractivity contribution in [2.24, 2.45) is 12.8 Å². The van der Waals surface area contributed by atoms with Gasteiger partial charge in [0.05, 0.1) is 11.2 Å². The van der Waals surface area contributed by atoms with Crippen LogP contribution in [0.4, 0.5) is 4.79 Å². The number of hydrogen-bond donors (Lipinski definition) is 1. The molecule has 0 aliphatic rings. The molecule has 166 valence electrons. The van der Waals surface area contributed by atoms with Crippen LogP contribution in [0, 0.1) is 20.8 Å². The van der Waals surface area contributed by atoms with E-state index in [4.69, 9.17) is 17.3 Å². The van der Waals surface area contributed by atoms with Gasteiger partial charge in [0.2, 0.25) is 0 Å². The number of benzene rings is 2. The van der Waals surface area contributed by atoms with Gasteiger partial charge in [0.1, 0.15) is 10.7 Å². The lowest BCUT2D eigenvalue weighted by Crippen LogP contribution is -2.19. The van der Waals surface area contributed by atoms with E-state index in [1.165, 1.54) is 6.07 Å². The summed E-state index contributed by atoms with van der Waals surface area (Å²) in [6, 6.07) is 10.6. The Morgan fingerprint density at radius 1 is 1.09 bits per heavy atom. The number of hydrogen-bond acceptors (Lipinski definition) is 5. The van der Waals surface area contributed by atoms with Crippen LogP contribution in [0.15, 0.2) is 47.5 Å². The maximum atomic E-state index is 12.6. The number of rotatable bonds is 4. The van der Waals surface area contributed by atoms with E-state index in [9.17, 15) is 13.2 Å². The molecule has 2 N–H and O–H groups in total. The summed E-state index contributed by atoms with van der Waals surface area (Å²) in [5.41, 5.74) is 9.34. The number of aromatic nitrogens is 3. The number of fused-ring (bicyclic) bond motifs is 1. The molecule has 0 unspecified atom stereocenters. The van der Waals surface area contributed by atoms with Crippen LogP contribution in [0.2, 0.25) is 5.02 Å². The van der Waals surface area contributed by atoms with E-state index in [0.29, 0.717) is 16.1 Å². The highest BCUT2D eigenvalue weighted by molar-refractivity contribution is 7.87. The molecule has 0 spiro atoms. The van der Waals surface area contributed by atoms with Crippen molar-refractivity contribution in [3.63, 3.8) is 0 Å². The minimum absolute atomic E-state index is 0.129. The summed E-state index contributed by atoms with van der Waals surface area (Å²) in [4.78, 5) is 11.0. The van der Waals surface area contributed by atoms with Crippen molar-refractivity contribution in [3.05, 3.63) is 64.4 Å². The Morgan fingerprint density at radius 3 is 2.50 bits per heavy atom. The highest BCUT2D eigenvalue weighted by Crippen LogP contribution is 2.38. The van der Waals surface area contributed by atoms with Crippen molar-refractivity contribution in [1.29, 1.82) is 0 Å². The van der Waals surface area contributed by atoms with E-state index in [1.54, 1.807) is 17.7 Å². The summed E-state index contributed by atoms with van der Waals surface area (Å²) < 4.78 is 33.4. The monoisotopic (exact) mass is 472 g/mol. The number of aryl methyl sites for hydroxylation is 3. The topological polar surface area (TPSA) is 109 Å². The molecule has 2 aromatic carbocycles. The number of carbonyl (C=O) groups excluding carboxylic acids is 1. The van der Waals surface area contributed by atoms with Gasteiger partial charge < -0.3 is 14.5 Å². The Morgan fingerprint density at radius 2 is 1.81 bits per heavy atom. The largest absolute Gasteiger partial charge is 0.420 e. The van der Waals surface area contributed by atoms with Gasteiger partial charge in [0, 0.05) is 29.2 Å². The molecule has 2 aromatic heterocycles. The first-order valence-electron chi connectivity index (χ1n) is 9.66. The first kappa shape index (κ1) is 21.9. The molecular weight excluding hydrogens is 452 g/mol. The smallest absolute Gasteiger partial charge is 0.334 e. The predicted octanol–water partition coefficient (Wildman–Crippen LogP) is 4.39. The van der Waals surface area contributed by atoms with Crippen LogP contribution in [0.5, 0.6) is 0 Å². The lowest BCUT2D eigenvalue weighted by Gasteiger charge is -2.17. The number of nitrogens with zero attached hydrogens (tertiary/aromatic N) is 3. The lowest BCUT2D eigenvalue weighted by atomic mass is 9.95. The molecule has 0 aliphatic heterocycles. The van der Waals surface area contributed by atoms with Crippen molar-refractivity contribution >= 4 is 38.7 Å². The molecule has 4 aromatic rings. The van der Waals surface area contributed by atoms with Gasteiger partial charge in [0.25, 0.3) is 0 Å². The fourth-order valence-electron chi connectivity index (χ4n) is 4.15. The number of carbonyl (C=O) groups is 1. The first-order valence-corrected chi connectivity index (χ1v) is 11.4. The maximum Gasteiger partial charge on any atom is 0.420 e. The van der Waals surface area contributed by atoms with E-state index >= 15 is 0 Å². The highest BCUT2D eigenvalue weighted by Gasteiger charge is 2.27. The first-order chi connectivity index (χ1) is 15.0. The second-order valence-electron chi connectivity index (χ2n) is 7.53. The Balaban J connectivity index is 2.02. The third-order valence-electron chi connectivity index (χ3n) is 5.41. The molecule has 0 radical (unpaired) electrons. The molecule has 2 heterocycles. The molecule has 0 atom stereocenters. The predicted molar refractivity (Wildman–Crippen MR) is 123 cm³/mol. The standard InChI is InChI=1S/C22H21ClN4O4S/c1-12-5-8-18(32(29,30)31-22(24)28)13(2)19(12)20-14(3)25-26(4)21(20)27-10-9-15-11-16(23)6-7-17(15)27/h5-11H,1-4H3,(H2,24,28). The second-order valence-corrected chi connectivity index (χ2v) is 9.48. The molecule has 32 heavy (non-hydrogen) atoms. The molecule has 0 bridgehead atoms. The zero-order chi connectivity index (χ0) is 23.4. The van der Waals surface area contributed by atoms with Gasteiger partial charge in [-0.2, -0.15) is 13.5 Å². The van der Waals surface area contributed by atoms with Gasteiger partial charge in [-0.15, -0.1) is 0 Å². The fraction of sp³-hybridized carbons (Fsp3) is 0.182. The van der Waals surface area contributed by atoms with Crippen LogP contribution >= 0.6 is 11.6 Å². The van der Waals surface area contributed by atoms with Crippen molar-refractivity contribution in [2.45, 2.75) is 25.7 Å². The molecule has 4 rings (SSSR count). The average Bonchev–Trinajstić information content (AvgIpc) is 3.20. The van der Waals surface area contributed by atoms with E-state index < -0.39 is 16.2 Å². The number of amides is 1. The Hall–Kier alpha value is -3.30. The summed E-state index contributed by atoms with van der Waals surface area (Å²) >= 11 is 6.15. The summed E-state index contributed by atoms with van der Waals surface area (Å²) in [5, 5.41) is 6.20. The summed E-state index contributed by atoms with van der Waals surface area (Å²) in [6.45, 7) is 5.42. The Bertz CT molecular complexity index is 1500. The Labute approximate surface area is 190 Å². The van der Waals surface area contributed by atoms with Gasteiger partial charge in [-0.25, -0.2) is 4.79 Å². The van der Waals surface area contributed by atoms with Gasteiger partial charge in [-0.3, -0.25) is 4.68 Å². The average molecular weight is 473 g/mol. The van der Waals surface area contributed by atoms with Crippen LogP contribution in [0.3, 0.4) is 0 Å². The fourth-order valence-corrected chi connectivity index (χ4v) is 5.35.